The van der Waals surface area contributed by atoms with Crippen LogP contribution in [0.15, 0.2) is 60.7 Å². The summed E-state index contributed by atoms with van der Waals surface area (Å²) in [7, 11) is 0. The average molecular weight is 491 g/mol. The van der Waals surface area contributed by atoms with E-state index in [9.17, 15) is 18.4 Å². The van der Waals surface area contributed by atoms with E-state index in [1.165, 1.54) is 16.5 Å². The highest BCUT2D eigenvalue weighted by atomic mass is 19.1. The summed E-state index contributed by atoms with van der Waals surface area (Å²) in [5.41, 5.74) is 4.73. The van der Waals surface area contributed by atoms with Gasteiger partial charge in [-0.15, -0.1) is 0 Å². The first kappa shape index (κ1) is 24.0. The number of hydrogen-bond acceptors (Lipinski definition) is 2. The van der Waals surface area contributed by atoms with Crippen LogP contribution in [0.4, 0.5) is 25.0 Å². The summed E-state index contributed by atoms with van der Waals surface area (Å²) in [5.74, 6) is -1.57. The van der Waals surface area contributed by atoms with E-state index in [4.69, 9.17) is 5.11 Å². The molecule has 2 aliphatic rings. The summed E-state index contributed by atoms with van der Waals surface area (Å²) in [6.07, 6.45) is 4.88. The van der Waals surface area contributed by atoms with Crippen LogP contribution in [0.25, 0.3) is 11.1 Å². The number of benzene rings is 3. The number of amides is 2. The number of urea groups is 1. The Balaban J connectivity index is 1.26. The predicted molar refractivity (Wildman–Crippen MR) is 135 cm³/mol. The normalized spacial score (nSPS) is 19.1. The highest BCUT2D eigenvalue weighted by Gasteiger charge is 2.27. The minimum atomic E-state index is -0.810. The summed E-state index contributed by atoms with van der Waals surface area (Å²) in [5, 5.41) is 11.4. The number of rotatable bonds is 5. The van der Waals surface area contributed by atoms with Gasteiger partial charge >= 0.3 is 12.0 Å². The van der Waals surface area contributed by atoms with Crippen molar-refractivity contribution < 1.29 is 23.5 Å². The van der Waals surface area contributed by atoms with E-state index in [1.807, 2.05) is 12.1 Å². The molecule has 0 bridgehead atoms. The smallest absolute Gasteiger partial charge is 0.326 e. The molecule has 1 heterocycles. The first-order valence-electron chi connectivity index (χ1n) is 12.4. The van der Waals surface area contributed by atoms with Gasteiger partial charge in [0.2, 0.25) is 0 Å². The van der Waals surface area contributed by atoms with E-state index < -0.39 is 29.3 Å². The van der Waals surface area contributed by atoms with E-state index >= 15 is 0 Å². The maximum atomic E-state index is 13.9. The number of nitrogens with one attached hydrogen (secondary N) is 1. The third-order valence-electron chi connectivity index (χ3n) is 7.44. The van der Waals surface area contributed by atoms with Gasteiger partial charge in [-0.1, -0.05) is 36.4 Å². The lowest BCUT2D eigenvalue weighted by Crippen LogP contribution is -2.33. The molecule has 7 heteroatoms. The second-order valence-electron chi connectivity index (χ2n) is 9.71. The molecular weight excluding hydrogens is 462 g/mol. The minimum absolute atomic E-state index is 0.267. The fourth-order valence-corrected chi connectivity index (χ4v) is 5.48. The molecule has 5 rings (SSSR count). The highest BCUT2D eigenvalue weighted by Crippen LogP contribution is 2.38. The van der Waals surface area contributed by atoms with Crippen LogP contribution in [0.5, 0.6) is 0 Å². The molecule has 0 aromatic heterocycles. The van der Waals surface area contributed by atoms with Crippen LogP contribution in [-0.4, -0.2) is 23.7 Å². The van der Waals surface area contributed by atoms with E-state index in [0.717, 1.165) is 60.2 Å². The summed E-state index contributed by atoms with van der Waals surface area (Å²) in [6, 6.07) is 17.4. The molecule has 1 fully saturated rings. The third kappa shape index (κ3) is 4.96. The number of carboxylic acid groups (broad SMARTS) is 1. The molecule has 0 saturated heterocycles. The number of aliphatic carboxylic acids is 1. The highest BCUT2D eigenvalue weighted by molar-refractivity contribution is 6.03. The molecule has 0 unspecified atom stereocenters. The minimum Gasteiger partial charge on any atom is -0.481 e. The lowest BCUT2D eigenvalue weighted by molar-refractivity contribution is -0.138. The third-order valence-corrected chi connectivity index (χ3v) is 7.44. The maximum Gasteiger partial charge on any atom is 0.326 e. The van der Waals surface area contributed by atoms with Crippen molar-refractivity contribution >= 4 is 23.4 Å². The summed E-state index contributed by atoms with van der Waals surface area (Å²) in [6.45, 7) is 0.435. The van der Waals surface area contributed by atoms with Crippen LogP contribution in [0.1, 0.15) is 49.1 Å². The van der Waals surface area contributed by atoms with Crippen molar-refractivity contribution in [2.24, 2.45) is 5.92 Å². The van der Waals surface area contributed by atoms with Crippen molar-refractivity contribution in [2.75, 3.05) is 16.8 Å². The van der Waals surface area contributed by atoms with Crippen molar-refractivity contribution in [1.82, 2.24) is 0 Å². The zero-order chi connectivity index (χ0) is 25.2. The second-order valence-corrected chi connectivity index (χ2v) is 9.71. The van der Waals surface area contributed by atoms with E-state index in [1.54, 1.807) is 0 Å². The number of hydrogen-bond donors (Lipinski definition) is 2. The number of carbonyl (C=O) groups is 2. The SMILES string of the molecule is O=C(O)C[C@H]1CC[C@H](c2ccc(-c3ccc4c(c3)CCN4C(=O)Nc3c(F)cccc3F)cc2)CC1. The number of fused-ring (bicyclic) bond motifs is 1. The van der Waals surface area contributed by atoms with E-state index in [2.05, 4.69) is 35.6 Å². The Labute approximate surface area is 208 Å². The molecule has 0 radical (unpaired) electrons. The van der Waals surface area contributed by atoms with Gasteiger partial charge in [0.25, 0.3) is 0 Å². The van der Waals surface area contributed by atoms with Gasteiger partial charge in [-0.25, -0.2) is 13.6 Å². The van der Waals surface area contributed by atoms with Gasteiger partial charge < -0.3 is 10.4 Å². The number of para-hydroxylation sites is 1. The van der Waals surface area contributed by atoms with Crippen molar-refractivity contribution in [1.29, 1.82) is 0 Å². The molecule has 186 valence electrons. The van der Waals surface area contributed by atoms with Crippen LogP contribution in [-0.2, 0) is 11.2 Å². The van der Waals surface area contributed by atoms with Gasteiger partial charge in [0.05, 0.1) is 0 Å². The Morgan fingerprint density at radius 3 is 2.25 bits per heavy atom. The van der Waals surface area contributed by atoms with Gasteiger partial charge in [0, 0.05) is 18.7 Å². The molecule has 1 aliphatic heterocycles. The quantitative estimate of drug-likeness (QED) is 0.406. The standard InChI is InChI=1S/C29H28F2N2O3/c30-24-2-1-3-25(31)28(24)32-29(36)33-15-14-23-17-22(12-13-26(23)33)21-10-8-20(9-11-21)19-6-4-18(5-7-19)16-27(34)35/h1-3,8-13,17-19H,4-7,14-16H2,(H,32,36)(H,34,35)/t18-,19-. The molecule has 3 aromatic carbocycles. The first-order chi connectivity index (χ1) is 17.4. The van der Waals surface area contributed by atoms with Crippen molar-refractivity contribution in [3.8, 4) is 11.1 Å². The number of anilines is 2. The van der Waals surface area contributed by atoms with Crippen molar-refractivity contribution in [3.05, 3.63) is 83.4 Å². The number of carbonyl (C=O) groups excluding carboxylic acids is 1. The number of nitrogens with zero attached hydrogens (tertiary/aromatic N) is 1. The molecule has 0 atom stereocenters. The van der Waals surface area contributed by atoms with Gasteiger partial charge in [0.1, 0.15) is 17.3 Å². The summed E-state index contributed by atoms with van der Waals surface area (Å²) >= 11 is 0. The topological polar surface area (TPSA) is 69.6 Å². The Hall–Kier alpha value is -3.74. The monoisotopic (exact) mass is 490 g/mol. The fourth-order valence-electron chi connectivity index (χ4n) is 5.48. The predicted octanol–water partition coefficient (Wildman–Crippen LogP) is 6.97. The number of carboxylic acids is 1. The van der Waals surface area contributed by atoms with Gasteiger partial charge in [-0.05, 0) is 90.5 Å². The summed E-state index contributed by atoms with van der Waals surface area (Å²) in [4.78, 5) is 25.2. The fraction of sp³-hybridized carbons (Fsp3) is 0.310. The molecule has 3 aromatic rings. The maximum absolute atomic E-state index is 13.9. The molecule has 5 nitrogen and oxygen atoms in total. The van der Waals surface area contributed by atoms with Crippen LogP contribution in [0.3, 0.4) is 0 Å². The Bertz CT molecular complexity index is 1260. The van der Waals surface area contributed by atoms with E-state index in [-0.39, 0.29) is 12.3 Å². The Kier molecular flexibility index (Phi) is 6.72. The molecule has 0 spiro atoms. The Morgan fingerprint density at radius 2 is 1.58 bits per heavy atom. The summed E-state index contributed by atoms with van der Waals surface area (Å²) < 4.78 is 27.9. The lowest BCUT2D eigenvalue weighted by atomic mass is 9.77. The molecule has 1 saturated carbocycles. The Morgan fingerprint density at radius 1 is 0.917 bits per heavy atom. The van der Waals surface area contributed by atoms with E-state index in [0.29, 0.717) is 18.9 Å². The molecule has 2 N–H and O–H groups in total. The first-order valence-corrected chi connectivity index (χ1v) is 12.4. The van der Waals surface area contributed by atoms with Crippen LogP contribution in [0.2, 0.25) is 0 Å². The van der Waals surface area contributed by atoms with Crippen LogP contribution >= 0.6 is 0 Å². The molecule has 36 heavy (non-hydrogen) atoms. The lowest BCUT2D eigenvalue weighted by Gasteiger charge is -2.28. The van der Waals surface area contributed by atoms with Gasteiger partial charge in [-0.3, -0.25) is 9.69 Å². The largest absolute Gasteiger partial charge is 0.481 e. The second kappa shape index (κ2) is 10.1. The molecule has 1 aliphatic carbocycles. The molecule has 2 amide bonds. The van der Waals surface area contributed by atoms with Crippen molar-refractivity contribution in [2.45, 2.75) is 44.4 Å². The zero-order valence-corrected chi connectivity index (χ0v) is 19.8. The van der Waals surface area contributed by atoms with Crippen LogP contribution in [0, 0.1) is 17.6 Å². The zero-order valence-electron chi connectivity index (χ0n) is 19.8. The van der Waals surface area contributed by atoms with Gasteiger partial charge in [0.15, 0.2) is 0 Å². The average Bonchev–Trinajstić information content (AvgIpc) is 3.30. The number of halogens is 2. The molecular formula is C29H28F2N2O3. The van der Waals surface area contributed by atoms with Crippen LogP contribution < -0.4 is 10.2 Å². The van der Waals surface area contributed by atoms with Crippen molar-refractivity contribution in [3.63, 3.8) is 0 Å². The van der Waals surface area contributed by atoms with Gasteiger partial charge in [-0.2, -0.15) is 0 Å².